The highest BCUT2D eigenvalue weighted by atomic mass is 16.2. The summed E-state index contributed by atoms with van der Waals surface area (Å²) in [5.41, 5.74) is 4.30. The van der Waals surface area contributed by atoms with Crippen LogP contribution < -0.4 is 10.6 Å². The van der Waals surface area contributed by atoms with Gasteiger partial charge >= 0.3 is 0 Å². The zero-order valence-electron chi connectivity index (χ0n) is 15.6. The lowest BCUT2D eigenvalue weighted by molar-refractivity contribution is -0.124. The number of rotatable bonds is 4. The zero-order chi connectivity index (χ0) is 18.2. The summed E-state index contributed by atoms with van der Waals surface area (Å²) in [5, 5.41) is 14.9. The number of nitrogens with zero attached hydrogens (tertiary/aromatic N) is 3. The molecule has 2 N–H and O–H groups in total. The molecule has 1 aliphatic heterocycles. The molecular weight excluding hydrogens is 314 g/mol. The average Bonchev–Trinajstić information content (AvgIpc) is 3.04. The van der Waals surface area contributed by atoms with Gasteiger partial charge in [0, 0.05) is 6.42 Å². The van der Waals surface area contributed by atoms with Crippen molar-refractivity contribution in [3.05, 3.63) is 46.8 Å². The number of hydrogen-bond donors (Lipinski definition) is 2. The predicted molar refractivity (Wildman–Crippen MR) is 97.1 cm³/mol. The van der Waals surface area contributed by atoms with E-state index in [4.69, 9.17) is 0 Å². The topological polar surface area (TPSA) is 71.8 Å². The Kier molecular flexibility index (Phi) is 4.64. The van der Waals surface area contributed by atoms with E-state index in [1.807, 2.05) is 17.8 Å². The van der Waals surface area contributed by atoms with Crippen molar-refractivity contribution in [3.8, 4) is 0 Å². The van der Waals surface area contributed by atoms with E-state index in [-0.39, 0.29) is 23.7 Å². The van der Waals surface area contributed by atoms with Crippen LogP contribution in [0.15, 0.2) is 24.4 Å². The maximum absolute atomic E-state index is 11.8. The third kappa shape index (κ3) is 3.44. The minimum absolute atomic E-state index is 0.0380. The number of carbonyl (C=O) groups is 1. The molecular formula is C19H27N5O. The standard InChI is InChI=1S/C19H27N5O/c1-6-14-7-8-15(12(2)9-14)19(4,5)24-11-17(22-23-24)16-10-18(25)21-13(3)20-16/h7-9,11,13,16,20H,6,10H2,1-5H3,(H,21,25). The molecule has 1 aliphatic rings. The van der Waals surface area contributed by atoms with Crippen molar-refractivity contribution in [2.24, 2.45) is 0 Å². The van der Waals surface area contributed by atoms with E-state index in [9.17, 15) is 4.79 Å². The van der Waals surface area contributed by atoms with Gasteiger partial charge in [0.25, 0.3) is 0 Å². The molecule has 2 unspecified atom stereocenters. The van der Waals surface area contributed by atoms with Crippen molar-refractivity contribution in [2.45, 2.75) is 65.2 Å². The summed E-state index contributed by atoms with van der Waals surface area (Å²) in [6, 6.07) is 6.50. The van der Waals surface area contributed by atoms with Gasteiger partial charge in [-0.15, -0.1) is 5.10 Å². The van der Waals surface area contributed by atoms with Crippen LogP contribution in [-0.2, 0) is 16.8 Å². The Labute approximate surface area is 149 Å². The molecule has 1 aromatic carbocycles. The molecule has 6 nitrogen and oxygen atoms in total. The molecule has 1 fully saturated rings. The largest absolute Gasteiger partial charge is 0.341 e. The first kappa shape index (κ1) is 17.6. The molecule has 0 spiro atoms. The molecule has 0 saturated carbocycles. The van der Waals surface area contributed by atoms with Crippen LogP contribution in [0.4, 0.5) is 0 Å². The Bertz CT molecular complexity index is 780. The van der Waals surface area contributed by atoms with Crippen LogP contribution in [0, 0.1) is 6.92 Å². The van der Waals surface area contributed by atoms with Gasteiger partial charge in [-0.3, -0.25) is 10.1 Å². The SMILES string of the molecule is CCc1ccc(C(C)(C)n2cc(C3CC(=O)NC(C)N3)nn2)c(C)c1. The smallest absolute Gasteiger partial charge is 0.223 e. The first-order chi connectivity index (χ1) is 11.8. The molecule has 1 saturated heterocycles. The van der Waals surface area contributed by atoms with E-state index in [1.54, 1.807) is 0 Å². The number of aryl methyl sites for hydroxylation is 2. The van der Waals surface area contributed by atoms with Crippen molar-refractivity contribution in [2.75, 3.05) is 0 Å². The second-order valence-corrected chi connectivity index (χ2v) is 7.36. The summed E-state index contributed by atoms with van der Waals surface area (Å²) < 4.78 is 1.90. The number of benzene rings is 1. The van der Waals surface area contributed by atoms with Gasteiger partial charge < -0.3 is 5.32 Å². The Morgan fingerprint density at radius 2 is 2.12 bits per heavy atom. The summed E-state index contributed by atoms with van der Waals surface area (Å²) in [6.07, 6.45) is 3.31. The monoisotopic (exact) mass is 341 g/mol. The van der Waals surface area contributed by atoms with Gasteiger partial charge in [0.1, 0.15) is 5.69 Å². The quantitative estimate of drug-likeness (QED) is 0.896. The Morgan fingerprint density at radius 3 is 2.76 bits per heavy atom. The molecule has 2 heterocycles. The lowest BCUT2D eigenvalue weighted by Crippen LogP contribution is -2.51. The summed E-state index contributed by atoms with van der Waals surface area (Å²) in [5.74, 6) is 0.0380. The summed E-state index contributed by atoms with van der Waals surface area (Å²) in [4.78, 5) is 11.8. The molecule has 0 radical (unpaired) electrons. The number of carbonyl (C=O) groups excluding carboxylic acids is 1. The van der Waals surface area contributed by atoms with Crippen molar-refractivity contribution < 1.29 is 4.79 Å². The molecule has 134 valence electrons. The number of nitrogens with one attached hydrogen (secondary N) is 2. The van der Waals surface area contributed by atoms with Gasteiger partial charge in [-0.05, 0) is 50.8 Å². The molecule has 2 atom stereocenters. The van der Waals surface area contributed by atoms with Crippen LogP contribution in [0.5, 0.6) is 0 Å². The number of amides is 1. The first-order valence-corrected chi connectivity index (χ1v) is 8.89. The molecule has 25 heavy (non-hydrogen) atoms. The molecule has 0 bridgehead atoms. The van der Waals surface area contributed by atoms with Crippen LogP contribution >= 0.6 is 0 Å². The van der Waals surface area contributed by atoms with Crippen molar-refractivity contribution in [1.29, 1.82) is 0 Å². The Morgan fingerprint density at radius 1 is 1.36 bits per heavy atom. The first-order valence-electron chi connectivity index (χ1n) is 8.89. The third-order valence-corrected chi connectivity index (χ3v) is 5.02. The van der Waals surface area contributed by atoms with Crippen LogP contribution in [0.3, 0.4) is 0 Å². The van der Waals surface area contributed by atoms with E-state index < -0.39 is 0 Å². The molecule has 2 aromatic rings. The Hall–Kier alpha value is -2.21. The van der Waals surface area contributed by atoms with Crippen LogP contribution in [0.2, 0.25) is 0 Å². The Balaban J connectivity index is 1.89. The van der Waals surface area contributed by atoms with Gasteiger partial charge in [0.05, 0.1) is 23.9 Å². The fraction of sp³-hybridized carbons (Fsp3) is 0.526. The maximum atomic E-state index is 11.8. The van der Waals surface area contributed by atoms with Gasteiger partial charge in [-0.1, -0.05) is 30.3 Å². The van der Waals surface area contributed by atoms with Gasteiger partial charge in [0.2, 0.25) is 5.91 Å². The van der Waals surface area contributed by atoms with Gasteiger partial charge in [-0.2, -0.15) is 0 Å². The van der Waals surface area contributed by atoms with E-state index in [0.717, 1.165) is 12.1 Å². The third-order valence-electron chi connectivity index (χ3n) is 5.02. The predicted octanol–water partition coefficient (Wildman–Crippen LogP) is 2.43. The molecule has 6 heteroatoms. The fourth-order valence-corrected chi connectivity index (χ4v) is 3.54. The number of aromatic nitrogens is 3. The molecule has 0 aliphatic carbocycles. The van der Waals surface area contributed by atoms with Crippen LogP contribution in [0.25, 0.3) is 0 Å². The van der Waals surface area contributed by atoms with Crippen molar-refractivity contribution >= 4 is 5.91 Å². The zero-order valence-corrected chi connectivity index (χ0v) is 15.6. The van der Waals surface area contributed by atoms with Crippen LogP contribution in [-0.4, -0.2) is 27.1 Å². The summed E-state index contributed by atoms with van der Waals surface area (Å²) in [6.45, 7) is 10.5. The normalized spacial score (nSPS) is 21.2. The van der Waals surface area contributed by atoms with Crippen molar-refractivity contribution in [3.63, 3.8) is 0 Å². The highest BCUT2D eigenvalue weighted by Gasteiger charge is 2.30. The second kappa shape index (κ2) is 6.59. The minimum Gasteiger partial charge on any atom is -0.341 e. The van der Waals surface area contributed by atoms with Crippen LogP contribution in [0.1, 0.15) is 62.5 Å². The van der Waals surface area contributed by atoms with E-state index in [0.29, 0.717) is 6.42 Å². The second-order valence-electron chi connectivity index (χ2n) is 7.36. The number of hydrogen-bond acceptors (Lipinski definition) is 4. The maximum Gasteiger partial charge on any atom is 0.223 e. The lowest BCUT2D eigenvalue weighted by Gasteiger charge is -2.29. The van der Waals surface area contributed by atoms with E-state index >= 15 is 0 Å². The van der Waals surface area contributed by atoms with Gasteiger partial charge in [-0.25, -0.2) is 4.68 Å². The fourth-order valence-electron chi connectivity index (χ4n) is 3.54. The molecule has 1 amide bonds. The van der Waals surface area contributed by atoms with E-state index in [2.05, 4.69) is 66.8 Å². The van der Waals surface area contributed by atoms with E-state index in [1.165, 1.54) is 16.7 Å². The minimum atomic E-state index is -0.315. The summed E-state index contributed by atoms with van der Waals surface area (Å²) >= 11 is 0. The molecule has 3 rings (SSSR count). The lowest BCUT2D eigenvalue weighted by atomic mass is 9.89. The highest BCUT2D eigenvalue weighted by molar-refractivity contribution is 5.77. The summed E-state index contributed by atoms with van der Waals surface area (Å²) in [7, 11) is 0. The molecule has 1 aromatic heterocycles. The highest BCUT2D eigenvalue weighted by Crippen LogP contribution is 2.29. The van der Waals surface area contributed by atoms with Gasteiger partial charge in [0.15, 0.2) is 0 Å². The average molecular weight is 341 g/mol. The van der Waals surface area contributed by atoms with Crippen molar-refractivity contribution in [1.82, 2.24) is 25.6 Å².